The summed E-state index contributed by atoms with van der Waals surface area (Å²) in [6.45, 7) is 69.2. The monoisotopic (exact) mass is 988 g/mol. The Morgan fingerprint density at radius 2 is 0.986 bits per heavy atom. The van der Waals surface area contributed by atoms with E-state index in [0.717, 1.165) is 50.1 Å². The second kappa shape index (κ2) is 16.1. The Hall–Kier alpha value is -4.75. The van der Waals surface area contributed by atoms with Crippen LogP contribution in [0.1, 0.15) is 214 Å². The van der Waals surface area contributed by atoms with Crippen molar-refractivity contribution in [3.8, 4) is 5.75 Å². The molecule has 6 rings (SSSR count). The Kier molecular flexibility index (Phi) is 12.7. The van der Waals surface area contributed by atoms with E-state index in [4.69, 9.17) is 11.3 Å². The molecule has 0 bridgehead atoms. The van der Waals surface area contributed by atoms with Gasteiger partial charge in [-0.25, -0.2) is 9.24 Å². The van der Waals surface area contributed by atoms with Gasteiger partial charge < -0.3 is 14.5 Å². The number of ether oxygens (including phenoxy) is 1. The summed E-state index contributed by atoms with van der Waals surface area (Å²) in [4.78, 5) is 55.7. The molecule has 3 aromatic rings. The van der Waals surface area contributed by atoms with Gasteiger partial charge in [0.2, 0.25) is 5.91 Å². The van der Waals surface area contributed by atoms with Gasteiger partial charge in [-0.3, -0.25) is 24.2 Å². The Labute approximate surface area is 434 Å². The smallest absolute Gasteiger partial charge is 0.256 e. The third-order valence-electron chi connectivity index (χ3n) is 21.2. The number of likely N-dealkylation sites (N-methyl/N-ethyl adjacent to an activating group) is 1. The van der Waals surface area contributed by atoms with Crippen LogP contribution < -0.4 is 9.64 Å². The zero-order chi connectivity index (χ0) is 55.8. The highest BCUT2D eigenvalue weighted by atomic mass is 19.1. The van der Waals surface area contributed by atoms with Gasteiger partial charge in [0.15, 0.2) is 5.69 Å². The number of piperidine rings is 1. The second-order valence-electron chi connectivity index (χ2n) is 27.0. The molecule has 3 aliphatic rings. The quantitative estimate of drug-likeness (QED) is 0.173. The van der Waals surface area contributed by atoms with Crippen molar-refractivity contribution >= 4 is 29.1 Å². The molecule has 3 aliphatic heterocycles. The fourth-order valence-electron chi connectivity index (χ4n) is 15.2. The topological polar surface area (TPSA) is 77.8 Å². The summed E-state index contributed by atoms with van der Waals surface area (Å²) >= 11 is 0. The van der Waals surface area contributed by atoms with Crippen molar-refractivity contribution in [2.24, 2.45) is 10.8 Å². The first-order valence-corrected chi connectivity index (χ1v) is 26.1. The van der Waals surface area contributed by atoms with E-state index in [1.165, 1.54) is 28.6 Å². The molecule has 3 amide bonds. The molecule has 9 nitrogen and oxygen atoms in total. The van der Waals surface area contributed by atoms with Crippen LogP contribution in [0.4, 0.5) is 15.8 Å². The molecule has 10 heteroatoms. The van der Waals surface area contributed by atoms with Crippen LogP contribution in [-0.2, 0) is 26.3 Å². The molecule has 0 N–H and O–H groups in total. The molecule has 2 saturated heterocycles. The SMILES string of the molecule is [C-]#[N+]c1c(C)c(C)c(N2C(C)(C)C(C)(C)N(C(C)(C)c3c(C)c(C)c(C(C)(C)Oc4c(C)c(C)c(C)c5c4C(C)(C)N([C@@]4(C)C(=O)N(C)C(=O)C(C)(C)C4(C)C)C5=O)c(C)c3C)C(C)(C)C2(C)C)c(F)c1C. The molecule has 0 aliphatic carbocycles. The van der Waals surface area contributed by atoms with Crippen molar-refractivity contribution in [2.75, 3.05) is 11.9 Å². The van der Waals surface area contributed by atoms with Crippen molar-refractivity contribution in [3.63, 3.8) is 0 Å². The number of amides is 3. The van der Waals surface area contributed by atoms with Crippen molar-refractivity contribution in [2.45, 2.75) is 245 Å². The Morgan fingerprint density at radius 1 is 0.542 bits per heavy atom. The minimum Gasteiger partial charge on any atom is -0.482 e. The number of nitrogens with zero attached hydrogens (tertiary/aromatic N) is 5. The fraction of sp³-hybridized carbons (Fsp3) is 0.645. The van der Waals surface area contributed by atoms with Crippen LogP contribution in [0.25, 0.3) is 4.85 Å². The molecule has 0 spiro atoms. The predicted molar refractivity (Wildman–Crippen MR) is 293 cm³/mol. The average molecular weight is 988 g/mol. The Balaban J connectivity index is 1.53. The summed E-state index contributed by atoms with van der Waals surface area (Å²) in [6, 6.07) is 0. The summed E-state index contributed by atoms with van der Waals surface area (Å²) < 4.78 is 24.6. The second-order valence-corrected chi connectivity index (χ2v) is 27.0. The van der Waals surface area contributed by atoms with Crippen LogP contribution >= 0.6 is 0 Å². The first kappa shape index (κ1) is 56.5. The zero-order valence-electron chi connectivity index (χ0n) is 50.2. The van der Waals surface area contributed by atoms with E-state index in [2.05, 4.69) is 132 Å². The highest BCUT2D eigenvalue weighted by Gasteiger charge is 2.71. The number of carbonyl (C=O) groups excluding carboxylic acids is 3. The van der Waals surface area contributed by atoms with Gasteiger partial charge in [-0.15, -0.1) is 0 Å². The Bertz CT molecular complexity index is 2870. The molecule has 0 saturated carbocycles. The van der Waals surface area contributed by atoms with E-state index in [-0.39, 0.29) is 17.6 Å². The number of rotatable bonds is 7. The maximum absolute atomic E-state index is 17.1. The van der Waals surface area contributed by atoms with Crippen LogP contribution in [0.2, 0.25) is 0 Å². The number of anilines is 1. The molecule has 0 radical (unpaired) electrons. The van der Waals surface area contributed by atoms with Crippen LogP contribution in [0, 0.1) is 92.5 Å². The lowest BCUT2D eigenvalue weighted by Gasteiger charge is -2.75. The highest BCUT2D eigenvalue weighted by molar-refractivity contribution is 6.11. The number of halogens is 1. The van der Waals surface area contributed by atoms with Gasteiger partial charge in [0.1, 0.15) is 22.7 Å². The maximum Gasteiger partial charge on any atom is 0.256 e. The number of imide groups is 1. The molecule has 2 fully saturated rings. The van der Waals surface area contributed by atoms with E-state index in [1.54, 1.807) is 11.8 Å². The summed E-state index contributed by atoms with van der Waals surface area (Å²) in [5, 5.41) is 0. The number of hydrogen-bond acceptors (Lipinski definition) is 6. The molecular formula is C62H90FN5O4. The van der Waals surface area contributed by atoms with E-state index in [1.807, 2.05) is 76.2 Å². The van der Waals surface area contributed by atoms with E-state index >= 15 is 9.18 Å². The minimum atomic E-state index is -1.40. The number of fused-ring (bicyclic) bond motifs is 1. The molecule has 1 atom stereocenters. The van der Waals surface area contributed by atoms with Crippen LogP contribution in [0.3, 0.4) is 0 Å². The summed E-state index contributed by atoms with van der Waals surface area (Å²) in [5.74, 6) is -0.604. The van der Waals surface area contributed by atoms with Gasteiger partial charge >= 0.3 is 0 Å². The molecular weight excluding hydrogens is 898 g/mol. The first-order chi connectivity index (χ1) is 32.2. The molecule has 394 valence electrons. The lowest BCUT2D eigenvalue weighted by molar-refractivity contribution is -0.189. The van der Waals surface area contributed by atoms with Crippen molar-refractivity contribution in [1.29, 1.82) is 0 Å². The molecule has 0 unspecified atom stereocenters. The van der Waals surface area contributed by atoms with Crippen molar-refractivity contribution in [3.05, 3.63) is 95.1 Å². The van der Waals surface area contributed by atoms with Crippen molar-refractivity contribution in [1.82, 2.24) is 14.7 Å². The number of likely N-dealkylation sites (tertiary alicyclic amines) is 1. The van der Waals surface area contributed by atoms with Crippen LogP contribution in [0.5, 0.6) is 5.75 Å². The standard InChI is InChI=1S/C62H90FN5O4/c1-32-33(2)42-45(54(13,14)67(50(42)69)62(29)52(71)65(31)51(70)53(11,12)57(62,19)20)49(40(32)9)72-56(17,18)44-36(5)34(3)43(35(4)37(44)6)55(15,16)68-60(25,26)58(21,22)66(59(23,24)61(68,27)28)48-39(8)38(7)47(64-30)41(10)46(48)63/h1-29,31H3/t62-/m0/s1. The van der Waals surface area contributed by atoms with Gasteiger partial charge in [0.25, 0.3) is 11.8 Å². The number of piperazine rings is 1. The molecule has 72 heavy (non-hydrogen) atoms. The van der Waals surface area contributed by atoms with Gasteiger partial charge in [-0.1, -0.05) is 27.7 Å². The van der Waals surface area contributed by atoms with E-state index in [9.17, 15) is 9.59 Å². The summed E-state index contributed by atoms with van der Waals surface area (Å²) in [6.07, 6.45) is 0. The lowest BCUT2D eigenvalue weighted by Crippen LogP contribution is -2.86. The van der Waals surface area contributed by atoms with Gasteiger partial charge in [-0.2, -0.15) is 0 Å². The fourth-order valence-corrected chi connectivity index (χ4v) is 15.2. The third kappa shape index (κ3) is 6.58. The molecule has 3 heterocycles. The normalized spacial score (nSPS) is 23.1. The lowest BCUT2D eigenvalue weighted by atomic mass is 9.53. The number of hydrogen-bond donors (Lipinski definition) is 0. The van der Waals surface area contributed by atoms with Crippen LogP contribution in [-0.4, -0.2) is 67.2 Å². The largest absolute Gasteiger partial charge is 0.482 e. The summed E-state index contributed by atoms with van der Waals surface area (Å²) in [7, 11) is 1.53. The van der Waals surface area contributed by atoms with Gasteiger partial charge in [0.05, 0.1) is 39.9 Å². The highest BCUT2D eigenvalue weighted by Crippen LogP contribution is 2.62. The van der Waals surface area contributed by atoms with Crippen LogP contribution in [0.15, 0.2) is 0 Å². The van der Waals surface area contributed by atoms with E-state index in [0.29, 0.717) is 28.3 Å². The number of carbonyl (C=O) groups is 3. The summed E-state index contributed by atoms with van der Waals surface area (Å²) in [5.41, 5.74) is 5.63. The van der Waals surface area contributed by atoms with Gasteiger partial charge in [0, 0.05) is 40.2 Å². The first-order valence-electron chi connectivity index (χ1n) is 26.1. The number of benzene rings is 3. The zero-order valence-corrected chi connectivity index (χ0v) is 50.2. The minimum absolute atomic E-state index is 0.243. The molecule has 3 aromatic carbocycles. The van der Waals surface area contributed by atoms with Crippen molar-refractivity contribution < 1.29 is 23.5 Å². The Morgan fingerprint density at radius 3 is 1.43 bits per heavy atom. The van der Waals surface area contributed by atoms with Gasteiger partial charge in [-0.05, 0) is 234 Å². The molecule has 0 aromatic heterocycles. The average Bonchev–Trinajstić information content (AvgIpc) is 3.45. The third-order valence-corrected chi connectivity index (χ3v) is 21.2. The maximum atomic E-state index is 17.1. The van der Waals surface area contributed by atoms with E-state index < -0.39 is 61.1 Å². The predicted octanol–water partition coefficient (Wildman–Crippen LogP) is 14.4.